The van der Waals surface area contributed by atoms with E-state index in [2.05, 4.69) is 42.2 Å². The second-order valence-corrected chi connectivity index (χ2v) is 3.66. The van der Waals surface area contributed by atoms with Gasteiger partial charge in [-0.1, -0.05) is 18.2 Å². The number of benzene rings is 1. The lowest BCUT2D eigenvalue weighted by molar-refractivity contribution is 0.606. The lowest BCUT2D eigenvalue weighted by atomic mass is 9.95. The first-order chi connectivity index (χ1) is 5.90. The summed E-state index contributed by atoms with van der Waals surface area (Å²) in [6.45, 7) is 1.07. The van der Waals surface area contributed by atoms with Gasteiger partial charge in [0.25, 0.3) is 0 Å². The second kappa shape index (κ2) is 3.40. The molecule has 1 aromatic rings. The summed E-state index contributed by atoms with van der Waals surface area (Å²) in [6.07, 6.45) is 1.17. The van der Waals surface area contributed by atoms with Crippen LogP contribution in [0.3, 0.4) is 0 Å². The molecule has 0 aliphatic carbocycles. The Morgan fingerprint density at radius 2 is 2.25 bits per heavy atom. The van der Waals surface area contributed by atoms with Crippen molar-refractivity contribution in [2.24, 2.45) is 5.92 Å². The lowest BCUT2D eigenvalue weighted by Gasteiger charge is -2.24. The number of hydrogen-bond donors (Lipinski definition) is 2. The van der Waals surface area contributed by atoms with Crippen LogP contribution in [-0.2, 0) is 6.42 Å². The molecular weight excluding hydrogens is 166 g/mol. The summed E-state index contributed by atoms with van der Waals surface area (Å²) in [7, 11) is 0. The summed E-state index contributed by atoms with van der Waals surface area (Å²) in [5, 5.41) is 3.41. The molecule has 1 nitrogen and oxygen atoms in total. The molecule has 0 radical (unpaired) electrons. The summed E-state index contributed by atoms with van der Waals surface area (Å²) < 4.78 is 0. The Bertz CT molecular complexity index is 272. The van der Waals surface area contributed by atoms with E-state index < -0.39 is 0 Å². The van der Waals surface area contributed by atoms with Crippen molar-refractivity contribution in [1.29, 1.82) is 0 Å². The molecule has 12 heavy (non-hydrogen) atoms. The zero-order chi connectivity index (χ0) is 8.39. The standard InChI is InChI=1S/C10H13NS/c12-7-8-5-9-3-1-2-4-10(9)11-6-8/h1-4,8,11-12H,5-7H2. The smallest absolute Gasteiger partial charge is 0.0372 e. The molecule has 1 aliphatic rings. The largest absolute Gasteiger partial charge is 0.385 e. The first-order valence-corrected chi connectivity index (χ1v) is 4.96. The number of fused-ring (bicyclic) bond motifs is 1. The summed E-state index contributed by atoms with van der Waals surface area (Å²) in [4.78, 5) is 0. The van der Waals surface area contributed by atoms with E-state index in [4.69, 9.17) is 0 Å². The van der Waals surface area contributed by atoms with Gasteiger partial charge in [0.1, 0.15) is 0 Å². The Morgan fingerprint density at radius 1 is 1.42 bits per heavy atom. The third-order valence-corrected chi connectivity index (χ3v) is 2.88. The minimum Gasteiger partial charge on any atom is -0.385 e. The molecule has 0 amide bonds. The number of nitrogens with one attached hydrogen (secondary N) is 1. The Kier molecular flexibility index (Phi) is 2.26. The molecule has 0 saturated carbocycles. The zero-order valence-electron chi connectivity index (χ0n) is 6.96. The summed E-state index contributed by atoms with van der Waals surface area (Å²) in [5.74, 6) is 1.67. The molecule has 0 bridgehead atoms. The number of para-hydroxylation sites is 1. The molecule has 2 rings (SSSR count). The average Bonchev–Trinajstić information content (AvgIpc) is 2.17. The number of thiol groups is 1. The van der Waals surface area contributed by atoms with Crippen molar-refractivity contribution in [3.05, 3.63) is 29.8 Å². The van der Waals surface area contributed by atoms with Gasteiger partial charge in [-0.3, -0.25) is 0 Å². The van der Waals surface area contributed by atoms with Gasteiger partial charge in [0.05, 0.1) is 0 Å². The molecule has 0 aromatic heterocycles. The first kappa shape index (κ1) is 7.99. The lowest BCUT2D eigenvalue weighted by Crippen LogP contribution is -2.24. The van der Waals surface area contributed by atoms with Crippen LogP contribution in [0.15, 0.2) is 24.3 Å². The molecule has 1 atom stereocenters. The highest BCUT2D eigenvalue weighted by atomic mass is 32.1. The number of rotatable bonds is 1. The van der Waals surface area contributed by atoms with Gasteiger partial charge < -0.3 is 5.32 Å². The molecule has 1 aliphatic heterocycles. The van der Waals surface area contributed by atoms with E-state index in [-0.39, 0.29) is 0 Å². The van der Waals surface area contributed by atoms with Crippen LogP contribution in [0.4, 0.5) is 5.69 Å². The highest BCUT2D eigenvalue weighted by Crippen LogP contribution is 2.24. The molecule has 0 saturated heterocycles. The summed E-state index contributed by atoms with van der Waals surface area (Å²) in [5.41, 5.74) is 2.73. The van der Waals surface area contributed by atoms with Gasteiger partial charge in [-0.05, 0) is 29.7 Å². The van der Waals surface area contributed by atoms with Crippen LogP contribution in [-0.4, -0.2) is 12.3 Å². The van der Waals surface area contributed by atoms with Crippen LogP contribution in [0.1, 0.15) is 5.56 Å². The fraction of sp³-hybridized carbons (Fsp3) is 0.400. The minimum absolute atomic E-state index is 0.697. The van der Waals surface area contributed by atoms with Gasteiger partial charge in [-0.15, -0.1) is 0 Å². The van der Waals surface area contributed by atoms with Crippen molar-refractivity contribution in [3.63, 3.8) is 0 Å². The van der Waals surface area contributed by atoms with Gasteiger partial charge in [0, 0.05) is 12.2 Å². The van der Waals surface area contributed by atoms with E-state index in [1.165, 1.54) is 17.7 Å². The molecular formula is C10H13NS. The van der Waals surface area contributed by atoms with E-state index in [1.54, 1.807) is 0 Å². The molecule has 0 fully saturated rings. The van der Waals surface area contributed by atoms with Gasteiger partial charge in [0.15, 0.2) is 0 Å². The van der Waals surface area contributed by atoms with Gasteiger partial charge in [-0.25, -0.2) is 0 Å². The predicted molar refractivity (Wildman–Crippen MR) is 56.0 cm³/mol. The molecule has 1 unspecified atom stereocenters. The van der Waals surface area contributed by atoms with Crippen LogP contribution in [0.5, 0.6) is 0 Å². The summed E-state index contributed by atoms with van der Waals surface area (Å²) in [6, 6.07) is 8.51. The normalized spacial score (nSPS) is 21.2. The molecule has 64 valence electrons. The highest BCUT2D eigenvalue weighted by molar-refractivity contribution is 7.80. The minimum atomic E-state index is 0.697. The SMILES string of the molecule is SCC1CNc2ccccc2C1. The van der Waals surface area contributed by atoms with Crippen LogP contribution in [0.2, 0.25) is 0 Å². The average molecular weight is 179 g/mol. The van der Waals surface area contributed by atoms with Crippen LogP contribution in [0, 0.1) is 5.92 Å². The van der Waals surface area contributed by atoms with E-state index >= 15 is 0 Å². The third kappa shape index (κ3) is 1.44. The fourth-order valence-corrected chi connectivity index (χ4v) is 1.90. The van der Waals surface area contributed by atoms with E-state index in [0.29, 0.717) is 5.92 Å². The van der Waals surface area contributed by atoms with E-state index in [9.17, 15) is 0 Å². The molecule has 2 heteroatoms. The van der Waals surface area contributed by atoms with Crippen molar-refractivity contribution in [2.75, 3.05) is 17.6 Å². The third-order valence-electron chi connectivity index (χ3n) is 2.37. The van der Waals surface area contributed by atoms with Gasteiger partial charge >= 0.3 is 0 Å². The zero-order valence-corrected chi connectivity index (χ0v) is 7.85. The van der Waals surface area contributed by atoms with Gasteiger partial charge in [-0.2, -0.15) is 12.6 Å². The summed E-state index contributed by atoms with van der Waals surface area (Å²) >= 11 is 4.32. The van der Waals surface area contributed by atoms with Crippen molar-refractivity contribution < 1.29 is 0 Å². The fourth-order valence-electron chi connectivity index (χ4n) is 1.64. The van der Waals surface area contributed by atoms with Crippen LogP contribution >= 0.6 is 12.6 Å². The monoisotopic (exact) mass is 179 g/mol. The molecule has 0 spiro atoms. The quantitative estimate of drug-likeness (QED) is 0.630. The maximum absolute atomic E-state index is 4.32. The molecule has 1 aromatic carbocycles. The van der Waals surface area contributed by atoms with Crippen molar-refractivity contribution >= 4 is 18.3 Å². The molecule has 1 N–H and O–H groups in total. The number of hydrogen-bond acceptors (Lipinski definition) is 2. The van der Waals surface area contributed by atoms with E-state index in [1.807, 2.05) is 0 Å². The Balaban J connectivity index is 2.23. The van der Waals surface area contributed by atoms with Crippen LogP contribution in [0.25, 0.3) is 0 Å². The maximum atomic E-state index is 4.32. The van der Waals surface area contributed by atoms with Crippen LogP contribution < -0.4 is 5.32 Å². The Hall–Kier alpha value is -0.630. The van der Waals surface area contributed by atoms with Gasteiger partial charge in [0.2, 0.25) is 0 Å². The number of anilines is 1. The first-order valence-electron chi connectivity index (χ1n) is 4.33. The topological polar surface area (TPSA) is 12.0 Å². The van der Waals surface area contributed by atoms with Crippen molar-refractivity contribution in [1.82, 2.24) is 0 Å². The Morgan fingerprint density at radius 3 is 3.08 bits per heavy atom. The predicted octanol–water partition coefficient (Wildman–Crippen LogP) is 2.20. The van der Waals surface area contributed by atoms with Crippen molar-refractivity contribution in [3.8, 4) is 0 Å². The van der Waals surface area contributed by atoms with Crippen molar-refractivity contribution in [2.45, 2.75) is 6.42 Å². The second-order valence-electron chi connectivity index (χ2n) is 3.29. The maximum Gasteiger partial charge on any atom is 0.0372 e. The molecule has 1 heterocycles. The Labute approximate surface area is 78.6 Å². The van der Waals surface area contributed by atoms with E-state index in [0.717, 1.165) is 12.3 Å². The highest BCUT2D eigenvalue weighted by Gasteiger charge is 2.15.